The van der Waals surface area contributed by atoms with Crippen LogP contribution < -0.4 is 20.5 Å². The summed E-state index contributed by atoms with van der Waals surface area (Å²) in [6, 6.07) is 8.96. The molecule has 2 aromatic carbocycles. The molecule has 1 fully saturated rings. The Kier molecular flexibility index (Phi) is 6.08. The summed E-state index contributed by atoms with van der Waals surface area (Å²) >= 11 is 6.05. The van der Waals surface area contributed by atoms with Gasteiger partial charge < -0.3 is 25.3 Å². The van der Waals surface area contributed by atoms with Crippen molar-refractivity contribution in [2.45, 2.75) is 26.0 Å². The molecule has 1 aliphatic heterocycles. The standard InChI is InChI=1S/C20H23ClN2O4/c1-12-3-4-13(18(7-12)27-14-5-6-26-11-14)10-23-20(24)15-8-16(21)17(22)9-19(15)25-2/h3-4,7-9,14H,5-6,10-11,22H2,1-2H3,(H,23,24). The zero-order chi connectivity index (χ0) is 19.4. The minimum atomic E-state index is -0.301. The summed E-state index contributed by atoms with van der Waals surface area (Å²) in [6.45, 7) is 3.61. The first-order valence-electron chi connectivity index (χ1n) is 8.73. The lowest BCUT2D eigenvalue weighted by Gasteiger charge is -2.17. The van der Waals surface area contributed by atoms with Crippen molar-refractivity contribution >= 4 is 23.2 Å². The van der Waals surface area contributed by atoms with E-state index < -0.39 is 0 Å². The molecular formula is C20H23ClN2O4. The molecule has 2 aromatic rings. The van der Waals surface area contributed by atoms with Crippen molar-refractivity contribution < 1.29 is 19.0 Å². The lowest BCUT2D eigenvalue weighted by atomic mass is 10.1. The first kappa shape index (κ1) is 19.3. The average Bonchev–Trinajstić information content (AvgIpc) is 3.15. The van der Waals surface area contributed by atoms with E-state index in [9.17, 15) is 4.79 Å². The van der Waals surface area contributed by atoms with Gasteiger partial charge in [0.2, 0.25) is 0 Å². The average molecular weight is 391 g/mol. The van der Waals surface area contributed by atoms with Gasteiger partial charge in [0.15, 0.2) is 0 Å². The fourth-order valence-electron chi connectivity index (χ4n) is 2.89. The lowest BCUT2D eigenvalue weighted by molar-refractivity contribution is 0.0947. The third-order valence-electron chi connectivity index (χ3n) is 4.41. The predicted octanol–water partition coefficient (Wildman–Crippen LogP) is 3.34. The number of carbonyl (C=O) groups is 1. The Labute approximate surface area is 163 Å². The van der Waals surface area contributed by atoms with Crippen LogP contribution in [-0.4, -0.2) is 32.3 Å². The van der Waals surface area contributed by atoms with E-state index in [0.717, 1.165) is 23.3 Å². The maximum absolute atomic E-state index is 12.6. The summed E-state index contributed by atoms with van der Waals surface area (Å²) in [6.07, 6.45) is 0.901. The van der Waals surface area contributed by atoms with Crippen LogP contribution in [0.3, 0.4) is 0 Å². The van der Waals surface area contributed by atoms with E-state index in [-0.39, 0.29) is 12.0 Å². The highest BCUT2D eigenvalue weighted by molar-refractivity contribution is 6.33. The number of hydrogen-bond donors (Lipinski definition) is 2. The van der Waals surface area contributed by atoms with E-state index in [4.69, 9.17) is 31.5 Å². The lowest BCUT2D eigenvalue weighted by Crippen LogP contribution is -2.24. The van der Waals surface area contributed by atoms with Gasteiger partial charge in [-0.15, -0.1) is 0 Å². The maximum Gasteiger partial charge on any atom is 0.255 e. The van der Waals surface area contributed by atoms with Crippen LogP contribution in [-0.2, 0) is 11.3 Å². The highest BCUT2D eigenvalue weighted by Crippen LogP contribution is 2.29. The third-order valence-corrected chi connectivity index (χ3v) is 4.73. The van der Waals surface area contributed by atoms with E-state index in [1.54, 1.807) is 0 Å². The van der Waals surface area contributed by atoms with Crippen molar-refractivity contribution in [3.05, 3.63) is 52.0 Å². The van der Waals surface area contributed by atoms with Crippen molar-refractivity contribution in [1.29, 1.82) is 0 Å². The minimum Gasteiger partial charge on any atom is -0.496 e. The number of carbonyl (C=O) groups excluding carboxylic acids is 1. The molecule has 0 spiro atoms. The van der Waals surface area contributed by atoms with Gasteiger partial charge in [0, 0.05) is 24.6 Å². The van der Waals surface area contributed by atoms with E-state index in [0.29, 0.717) is 41.8 Å². The number of nitrogens with one attached hydrogen (secondary N) is 1. The van der Waals surface area contributed by atoms with E-state index in [1.165, 1.54) is 19.2 Å². The van der Waals surface area contributed by atoms with Crippen molar-refractivity contribution in [3.63, 3.8) is 0 Å². The highest BCUT2D eigenvalue weighted by atomic mass is 35.5. The molecule has 1 saturated heterocycles. The third kappa shape index (κ3) is 4.64. The smallest absolute Gasteiger partial charge is 0.255 e. The van der Waals surface area contributed by atoms with Crippen LogP contribution in [0.2, 0.25) is 5.02 Å². The van der Waals surface area contributed by atoms with Crippen LogP contribution in [0.4, 0.5) is 5.69 Å². The Morgan fingerprint density at radius 1 is 1.33 bits per heavy atom. The predicted molar refractivity (Wildman–Crippen MR) is 105 cm³/mol. The van der Waals surface area contributed by atoms with Crippen LogP contribution in [0.25, 0.3) is 0 Å². The van der Waals surface area contributed by atoms with Gasteiger partial charge in [0.05, 0.1) is 36.6 Å². The summed E-state index contributed by atoms with van der Waals surface area (Å²) in [5.41, 5.74) is 8.44. The molecule has 3 N–H and O–H groups in total. The number of ether oxygens (including phenoxy) is 3. The number of benzene rings is 2. The molecule has 0 bridgehead atoms. The summed E-state index contributed by atoms with van der Waals surface area (Å²) in [7, 11) is 1.48. The number of rotatable bonds is 6. The van der Waals surface area contributed by atoms with Crippen molar-refractivity contribution in [3.8, 4) is 11.5 Å². The van der Waals surface area contributed by atoms with Crippen molar-refractivity contribution in [2.75, 3.05) is 26.1 Å². The molecule has 27 heavy (non-hydrogen) atoms. The van der Waals surface area contributed by atoms with Gasteiger partial charge in [-0.2, -0.15) is 0 Å². The second-order valence-electron chi connectivity index (χ2n) is 6.47. The summed E-state index contributed by atoms with van der Waals surface area (Å²) < 4.78 is 16.7. The molecular weight excluding hydrogens is 368 g/mol. The molecule has 1 amide bonds. The van der Waals surface area contributed by atoms with Gasteiger partial charge in [-0.1, -0.05) is 23.7 Å². The van der Waals surface area contributed by atoms with Gasteiger partial charge in [-0.05, 0) is 24.6 Å². The quantitative estimate of drug-likeness (QED) is 0.739. The number of methoxy groups -OCH3 is 1. The minimum absolute atomic E-state index is 0.0391. The fourth-order valence-corrected chi connectivity index (χ4v) is 3.05. The summed E-state index contributed by atoms with van der Waals surface area (Å²) in [5.74, 6) is 0.829. The topological polar surface area (TPSA) is 82.8 Å². The van der Waals surface area contributed by atoms with E-state index in [1.807, 2.05) is 25.1 Å². The van der Waals surface area contributed by atoms with E-state index in [2.05, 4.69) is 5.32 Å². The number of halogens is 1. The summed E-state index contributed by atoms with van der Waals surface area (Å²) in [5, 5.41) is 3.20. The second-order valence-corrected chi connectivity index (χ2v) is 6.88. The zero-order valence-corrected chi connectivity index (χ0v) is 16.1. The zero-order valence-electron chi connectivity index (χ0n) is 15.4. The Hall–Kier alpha value is -2.44. The molecule has 1 atom stereocenters. The molecule has 0 aromatic heterocycles. The SMILES string of the molecule is COc1cc(N)c(Cl)cc1C(=O)NCc1ccc(C)cc1OC1CCOC1. The van der Waals surface area contributed by atoms with Gasteiger partial charge in [-0.3, -0.25) is 4.79 Å². The normalized spacial score (nSPS) is 16.2. The molecule has 3 rings (SSSR count). The van der Waals surface area contributed by atoms with Crippen LogP contribution >= 0.6 is 11.6 Å². The van der Waals surface area contributed by atoms with Crippen LogP contribution in [0.15, 0.2) is 30.3 Å². The largest absolute Gasteiger partial charge is 0.496 e. The van der Waals surface area contributed by atoms with Gasteiger partial charge >= 0.3 is 0 Å². The molecule has 0 radical (unpaired) electrons. The molecule has 1 heterocycles. The number of amides is 1. The molecule has 1 aliphatic rings. The van der Waals surface area contributed by atoms with Gasteiger partial charge in [0.25, 0.3) is 5.91 Å². The Morgan fingerprint density at radius 2 is 2.15 bits per heavy atom. The van der Waals surface area contributed by atoms with Gasteiger partial charge in [0.1, 0.15) is 17.6 Å². The molecule has 7 heteroatoms. The first-order chi connectivity index (χ1) is 13.0. The van der Waals surface area contributed by atoms with E-state index >= 15 is 0 Å². The molecule has 0 aliphatic carbocycles. The fraction of sp³-hybridized carbons (Fsp3) is 0.350. The molecule has 144 valence electrons. The first-order valence-corrected chi connectivity index (χ1v) is 9.11. The second kappa shape index (κ2) is 8.50. The number of nitrogens with two attached hydrogens (primary N) is 1. The Balaban J connectivity index is 1.74. The molecule has 0 saturated carbocycles. The number of hydrogen-bond acceptors (Lipinski definition) is 5. The van der Waals surface area contributed by atoms with Crippen molar-refractivity contribution in [1.82, 2.24) is 5.32 Å². The van der Waals surface area contributed by atoms with Crippen LogP contribution in [0.5, 0.6) is 11.5 Å². The van der Waals surface area contributed by atoms with Crippen LogP contribution in [0.1, 0.15) is 27.9 Å². The Morgan fingerprint density at radius 3 is 2.85 bits per heavy atom. The molecule has 1 unspecified atom stereocenters. The molecule has 6 nitrogen and oxygen atoms in total. The van der Waals surface area contributed by atoms with Gasteiger partial charge in [-0.25, -0.2) is 0 Å². The van der Waals surface area contributed by atoms with Crippen LogP contribution in [0, 0.1) is 6.92 Å². The van der Waals surface area contributed by atoms with Crippen molar-refractivity contribution in [2.24, 2.45) is 0 Å². The Bertz CT molecular complexity index is 835. The monoisotopic (exact) mass is 390 g/mol. The highest BCUT2D eigenvalue weighted by Gasteiger charge is 2.20. The number of aryl methyl sites for hydroxylation is 1. The number of anilines is 1. The maximum atomic E-state index is 12.6. The summed E-state index contributed by atoms with van der Waals surface area (Å²) in [4.78, 5) is 12.6. The number of nitrogen functional groups attached to an aromatic ring is 1.